The predicted molar refractivity (Wildman–Crippen MR) is 115 cm³/mol. The number of hydrogen-bond donors (Lipinski definition) is 0. The van der Waals surface area contributed by atoms with Gasteiger partial charge in [0.25, 0.3) is 0 Å². The molecule has 3 atom stereocenters. The first kappa shape index (κ1) is 22.8. The summed E-state index contributed by atoms with van der Waals surface area (Å²) in [6, 6.07) is 3.16. The number of carbonyl (C=O) groups is 2. The number of rotatable bonds is 5. The van der Waals surface area contributed by atoms with Crippen molar-refractivity contribution in [1.82, 2.24) is 9.21 Å². The Kier molecular flexibility index (Phi) is 6.90. The molecule has 2 bridgehead atoms. The normalized spacial score (nSPS) is 24.8. The van der Waals surface area contributed by atoms with Gasteiger partial charge in [0, 0.05) is 17.1 Å². The predicted octanol–water partition coefficient (Wildman–Crippen LogP) is 2.65. The minimum Gasteiger partial charge on any atom is -0.465 e. The van der Waals surface area contributed by atoms with Gasteiger partial charge in [-0.05, 0) is 43.4 Å². The van der Waals surface area contributed by atoms with E-state index in [1.54, 1.807) is 4.90 Å². The van der Waals surface area contributed by atoms with E-state index in [9.17, 15) is 18.0 Å². The van der Waals surface area contributed by atoms with Crippen LogP contribution in [0.15, 0.2) is 27.6 Å². The third-order valence-electron chi connectivity index (χ3n) is 5.88. The molecule has 2 saturated heterocycles. The van der Waals surface area contributed by atoms with Crippen molar-refractivity contribution in [3.8, 4) is 12.3 Å². The summed E-state index contributed by atoms with van der Waals surface area (Å²) < 4.78 is 34.1. The van der Waals surface area contributed by atoms with E-state index >= 15 is 0 Å². The molecule has 3 rings (SSSR count). The average Bonchev–Trinajstić information content (AvgIpc) is 2.80. The van der Waals surface area contributed by atoms with E-state index in [0.717, 1.165) is 12.8 Å². The second-order valence-corrected chi connectivity index (χ2v) is 10.4. The highest BCUT2D eigenvalue weighted by Crippen LogP contribution is 2.38. The largest absolute Gasteiger partial charge is 0.465 e. The number of fused-ring (bicyclic) bond motifs is 2. The summed E-state index contributed by atoms with van der Waals surface area (Å²) in [5, 5.41) is 0. The maximum Gasteiger partial charge on any atom is 0.337 e. The van der Waals surface area contributed by atoms with Gasteiger partial charge in [-0.15, -0.1) is 6.42 Å². The van der Waals surface area contributed by atoms with Crippen molar-refractivity contribution in [2.75, 3.05) is 20.2 Å². The van der Waals surface area contributed by atoms with Crippen molar-refractivity contribution in [2.45, 2.75) is 49.6 Å². The maximum atomic E-state index is 13.8. The number of nitrogens with zero attached hydrogens (tertiary/aromatic N) is 2. The van der Waals surface area contributed by atoms with Crippen LogP contribution >= 0.6 is 15.9 Å². The lowest BCUT2D eigenvalue weighted by atomic mass is 9.89. The van der Waals surface area contributed by atoms with Gasteiger partial charge in [-0.2, -0.15) is 4.31 Å². The van der Waals surface area contributed by atoms with Crippen LogP contribution in [-0.2, 0) is 19.6 Å². The van der Waals surface area contributed by atoms with Gasteiger partial charge in [0.1, 0.15) is 6.04 Å². The second kappa shape index (κ2) is 9.08. The molecule has 0 radical (unpaired) electrons. The number of piperidine rings is 1. The first-order valence-corrected chi connectivity index (χ1v) is 12.1. The van der Waals surface area contributed by atoms with Gasteiger partial charge in [0.15, 0.2) is 0 Å². The van der Waals surface area contributed by atoms with Crippen LogP contribution in [0.1, 0.15) is 43.0 Å². The molecule has 0 spiro atoms. The van der Waals surface area contributed by atoms with Crippen molar-refractivity contribution < 1.29 is 22.7 Å². The molecule has 162 valence electrons. The van der Waals surface area contributed by atoms with Gasteiger partial charge in [0.2, 0.25) is 15.9 Å². The summed E-state index contributed by atoms with van der Waals surface area (Å²) in [5.41, 5.74) is 0.123. The van der Waals surface area contributed by atoms with Crippen molar-refractivity contribution in [2.24, 2.45) is 5.92 Å². The Balaban J connectivity index is 2.12. The Labute approximate surface area is 185 Å². The Bertz CT molecular complexity index is 988. The van der Waals surface area contributed by atoms with Crippen molar-refractivity contribution in [1.29, 1.82) is 0 Å². The molecule has 1 aromatic rings. The topological polar surface area (TPSA) is 84.0 Å². The lowest BCUT2D eigenvalue weighted by molar-refractivity contribution is -0.134. The van der Waals surface area contributed by atoms with Gasteiger partial charge in [-0.25, -0.2) is 13.2 Å². The van der Waals surface area contributed by atoms with E-state index in [1.165, 1.54) is 29.6 Å². The van der Waals surface area contributed by atoms with E-state index in [4.69, 9.17) is 11.2 Å². The molecule has 0 aliphatic carbocycles. The molecule has 9 heteroatoms. The SMILES string of the molecule is C#CCN1C[C@H](CC)C2CCCC(C1=O)N2S(=O)(=O)c1cc(Br)cc(C(=O)OC)c1. The fraction of sp³-hybridized carbons (Fsp3) is 0.524. The number of halogens is 1. The summed E-state index contributed by atoms with van der Waals surface area (Å²) >= 11 is 3.28. The molecule has 30 heavy (non-hydrogen) atoms. The zero-order valence-electron chi connectivity index (χ0n) is 17.0. The average molecular weight is 497 g/mol. The second-order valence-electron chi connectivity index (χ2n) is 7.61. The molecule has 2 unspecified atom stereocenters. The first-order chi connectivity index (χ1) is 14.2. The third-order valence-corrected chi connectivity index (χ3v) is 8.25. The quantitative estimate of drug-likeness (QED) is 0.462. The number of amides is 1. The van der Waals surface area contributed by atoms with Gasteiger partial charge >= 0.3 is 5.97 Å². The van der Waals surface area contributed by atoms with Gasteiger partial charge in [0.05, 0.1) is 24.1 Å². The molecule has 1 amide bonds. The number of methoxy groups -OCH3 is 1. The molecule has 0 saturated carbocycles. The molecular weight excluding hydrogens is 472 g/mol. The maximum absolute atomic E-state index is 13.8. The van der Waals surface area contributed by atoms with Crippen molar-refractivity contribution >= 4 is 37.8 Å². The molecule has 7 nitrogen and oxygen atoms in total. The number of sulfonamides is 1. The van der Waals surface area contributed by atoms with Gasteiger partial charge < -0.3 is 9.64 Å². The molecule has 0 N–H and O–H groups in total. The minimum atomic E-state index is -4.05. The first-order valence-electron chi connectivity index (χ1n) is 9.89. The smallest absolute Gasteiger partial charge is 0.337 e. The number of esters is 1. The monoisotopic (exact) mass is 496 g/mol. The summed E-state index contributed by atoms with van der Waals surface area (Å²) in [7, 11) is -2.81. The number of carbonyl (C=O) groups excluding carboxylic acids is 2. The number of benzene rings is 1. The van der Waals surface area contributed by atoms with E-state index in [-0.39, 0.29) is 34.9 Å². The zero-order valence-corrected chi connectivity index (χ0v) is 19.4. The summed E-state index contributed by atoms with van der Waals surface area (Å²) in [6.45, 7) is 2.60. The highest BCUT2D eigenvalue weighted by molar-refractivity contribution is 9.10. The number of ether oxygens (including phenoxy) is 1. The van der Waals surface area contributed by atoms with E-state index in [1.807, 2.05) is 6.92 Å². The van der Waals surface area contributed by atoms with E-state index < -0.39 is 22.0 Å². The zero-order chi connectivity index (χ0) is 22.1. The van der Waals surface area contributed by atoms with Crippen molar-refractivity contribution in [3.05, 3.63) is 28.2 Å². The van der Waals surface area contributed by atoms with Gasteiger partial charge in [-0.3, -0.25) is 4.79 Å². The van der Waals surface area contributed by atoms with Crippen LogP contribution < -0.4 is 0 Å². The standard InChI is InChI=1S/C21H25BrN2O5S/c1-4-9-23-13-14(5-2)18-7-6-8-19(20(23)25)24(18)30(27,28)17-11-15(21(26)29-3)10-16(22)12-17/h1,10-12,14,18-19H,5-9,13H2,2-3H3/t14-,18?,19?/m0/s1. The molecule has 1 aromatic carbocycles. The minimum absolute atomic E-state index is 0.0189. The van der Waals surface area contributed by atoms with Crippen LogP contribution in [0, 0.1) is 18.3 Å². The fourth-order valence-corrected chi connectivity index (χ4v) is 7.06. The lowest BCUT2D eigenvalue weighted by Gasteiger charge is -2.40. The van der Waals surface area contributed by atoms with Crippen LogP contribution in [0.4, 0.5) is 0 Å². The molecular formula is C21H25BrN2O5S. The Morgan fingerprint density at radius 3 is 2.70 bits per heavy atom. The van der Waals surface area contributed by atoms with Crippen molar-refractivity contribution in [3.63, 3.8) is 0 Å². The molecule has 2 heterocycles. The van der Waals surface area contributed by atoms with Crippen LogP contribution in [-0.4, -0.2) is 61.8 Å². The Hall–Kier alpha value is -1.89. The van der Waals surface area contributed by atoms with Crippen LogP contribution in [0.25, 0.3) is 0 Å². The summed E-state index contributed by atoms with van der Waals surface area (Å²) in [6.07, 6.45) is 8.09. The summed E-state index contributed by atoms with van der Waals surface area (Å²) in [5.74, 6) is 1.62. The molecule has 2 aliphatic heterocycles. The highest BCUT2D eigenvalue weighted by Gasteiger charge is 2.49. The lowest BCUT2D eigenvalue weighted by Crippen LogP contribution is -2.54. The Morgan fingerprint density at radius 2 is 2.07 bits per heavy atom. The summed E-state index contributed by atoms with van der Waals surface area (Å²) in [4.78, 5) is 26.8. The van der Waals surface area contributed by atoms with Crippen LogP contribution in [0.3, 0.4) is 0 Å². The highest BCUT2D eigenvalue weighted by atomic mass is 79.9. The fourth-order valence-electron chi connectivity index (χ4n) is 4.46. The third kappa shape index (κ3) is 4.13. The number of terminal acetylenes is 1. The Morgan fingerprint density at radius 1 is 1.33 bits per heavy atom. The van der Waals surface area contributed by atoms with E-state index in [0.29, 0.717) is 23.9 Å². The van der Waals surface area contributed by atoms with E-state index in [2.05, 4.69) is 21.9 Å². The molecule has 0 aromatic heterocycles. The van der Waals surface area contributed by atoms with Crippen LogP contribution in [0.2, 0.25) is 0 Å². The van der Waals surface area contributed by atoms with Crippen LogP contribution in [0.5, 0.6) is 0 Å². The number of hydrogen-bond acceptors (Lipinski definition) is 5. The van der Waals surface area contributed by atoms with Gasteiger partial charge in [-0.1, -0.05) is 35.2 Å². The molecule has 2 aliphatic rings. The molecule has 2 fully saturated rings.